The van der Waals surface area contributed by atoms with E-state index in [1.807, 2.05) is 18.2 Å². The number of ketones is 1. The van der Waals surface area contributed by atoms with Gasteiger partial charge >= 0.3 is 0 Å². The van der Waals surface area contributed by atoms with Crippen LogP contribution in [-0.2, 0) is 9.59 Å². The number of nitrogens with one attached hydrogen (secondary N) is 1. The largest absolute Gasteiger partial charge is 0.352 e. The van der Waals surface area contributed by atoms with Crippen molar-refractivity contribution in [1.29, 1.82) is 0 Å². The number of carbonyl (C=O) groups is 2. The summed E-state index contributed by atoms with van der Waals surface area (Å²) < 4.78 is 0. The van der Waals surface area contributed by atoms with E-state index in [0.717, 1.165) is 36.8 Å². The van der Waals surface area contributed by atoms with Crippen LogP contribution in [0.5, 0.6) is 0 Å². The second-order valence-electron chi connectivity index (χ2n) is 10.1. The number of rotatable bonds is 10. The van der Waals surface area contributed by atoms with Gasteiger partial charge in [-0.15, -0.1) is 26.3 Å². The molecule has 1 amide bonds. The van der Waals surface area contributed by atoms with Crippen molar-refractivity contribution >= 4 is 11.7 Å². The zero-order chi connectivity index (χ0) is 22.8. The number of amides is 1. The highest BCUT2D eigenvalue weighted by atomic mass is 16.1. The molecule has 4 aliphatic rings. The van der Waals surface area contributed by atoms with Crippen molar-refractivity contribution in [1.82, 2.24) is 5.32 Å². The van der Waals surface area contributed by atoms with E-state index in [1.165, 1.54) is 0 Å². The number of fused-ring (bicyclic) bond motifs is 2. The molecule has 0 bridgehead atoms. The van der Waals surface area contributed by atoms with E-state index in [0.29, 0.717) is 66.7 Å². The second kappa shape index (κ2) is 9.60. The monoisotopic (exact) mass is 431 g/mol. The van der Waals surface area contributed by atoms with Gasteiger partial charge in [0.2, 0.25) is 5.91 Å². The molecule has 32 heavy (non-hydrogen) atoms. The fraction of sp³-hybridized carbons (Fsp3) is 0.517. The normalized spacial score (nSPS) is 37.1. The third kappa shape index (κ3) is 4.14. The standard InChI is InChI=1S/C29H37NO2/c1-5-18-12-19(6-2)25-15-22(14-24(18)25)28(31)10-9-11-30-29(32)23-16-26-20(7-3)13-21(8-4)27(26)17-23/h5-8,14,16,18-21,24-27H,1-4,9-13,15,17H2,(H,30,32). The lowest BCUT2D eigenvalue weighted by Crippen LogP contribution is -2.26. The number of hydrogen-bond donors (Lipinski definition) is 1. The Kier molecular flexibility index (Phi) is 6.83. The van der Waals surface area contributed by atoms with Crippen LogP contribution in [0.4, 0.5) is 0 Å². The van der Waals surface area contributed by atoms with Crippen molar-refractivity contribution in [3.05, 3.63) is 73.9 Å². The topological polar surface area (TPSA) is 46.2 Å². The van der Waals surface area contributed by atoms with Gasteiger partial charge < -0.3 is 5.32 Å². The van der Waals surface area contributed by atoms with Crippen LogP contribution < -0.4 is 5.32 Å². The van der Waals surface area contributed by atoms with Crippen molar-refractivity contribution in [3.63, 3.8) is 0 Å². The van der Waals surface area contributed by atoms with Crippen LogP contribution in [0.2, 0.25) is 0 Å². The molecule has 8 unspecified atom stereocenters. The van der Waals surface area contributed by atoms with Crippen LogP contribution in [0.1, 0.15) is 38.5 Å². The molecule has 4 rings (SSSR count). The van der Waals surface area contributed by atoms with E-state index in [9.17, 15) is 9.59 Å². The quantitative estimate of drug-likeness (QED) is 0.362. The molecule has 170 valence electrons. The lowest BCUT2D eigenvalue weighted by molar-refractivity contribution is -0.118. The highest BCUT2D eigenvalue weighted by Gasteiger charge is 2.45. The van der Waals surface area contributed by atoms with Gasteiger partial charge in [-0.25, -0.2) is 0 Å². The summed E-state index contributed by atoms with van der Waals surface area (Å²) in [6.07, 6.45) is 17.6. The zero-order valence-electron chi connectivity index (χ0n) is 19.2. The van der Waals surface area contributed by atoms with Crippen LogP contribution in [0.25, 0.3) is 0 Å². The van der Waals surface area contributed by atoms with E-state index in [-0.39, 0.29) is 11.7 Å². The zero-order valence-corrected chi connectivity index (χ0v) is 19.2. The summed E-state index contributed by atoms with van der Waals surface area (Å²) in [5.74, 6) is 3.90. The molecule has 2 saturated carbocycles. The fourth-order valence-electron chi connectivity index (χ4n) is 6.83. The number of hydrogen-bond acceptors (Lipinski definition) is 2. The number of carbonyl (C=O) groups excluding carboxylic acids is 2. The number of Topliss-reactive ketones (excluding diaryl/α,β-unsaturated/α-hetero) is 1. The fourth-order valence-corrected chi connectivity index (χ4v) is 6.83. The average molecular weight is 432 g/mol. The molecule has 3 heteroatoms. The predicted molar refractivity (Wildman–Crippen MR) is 131 cm³/mol. The molecule has 2 fully saturated rings. The summed E-state index contributed by atoms with van der Waals surface area (Å²) in [5, 5.41) is 3.04. The van der Waals surface area contributed by atoms with Gasteiger partial charge in [-0.3, -0.25) is 9.59 Å². The summed E-state index contributed by atoms with van der Waals surface area (Å²) in [6, 6.07) is 0. The minimum absolute atomic E-state index is 0.0229. The highest BCUT2D eigenvalue weighted by molar-refractivity contribution is 5.96. The van der Waals surface area contributed by atoms with Crippen LogP contribution in [0.3, 0.4) is 0 Å². The van der Waals surface area contributed by atoms with Crippen molar-refractivity contribution in [2.45, 2.75) is 38.5 Å². The molecule has 1 N–H and O–H groups in total. The van der Waals surface area contributed by atoms with Gasteiger partial charge in [0.1, 0.15) is 0 Å². The molecule has 4 aliphatic carbocycles. The minimum atomic E-state index is 0.0229. The van der Waals surface area contributed by atoms with Crippen molar-refractivity contribution in [3.8, 4) is 0 Å². The van der Waals surface area contributed by atoms with Gasteiger partial charge in [0.15, 0.2) is 5.78 Å². The van der Waals surface area contributed by atoms with E-state index < -0.39 is 0 Å². The van der Waals surface area contributed by atoms with Gasteiger partial charge in [0, 0.05) is 18.5 Å². The lowest BCUT2D eigenvalue weighted by atomic mass is 9.89. The summed E-state index contributed by atoms with van der Waals surface area (Å²) in [4.78, 5) is 25.5. The Balaban J connectivity index is 1.24. The Morgan fingerprint density at radius 1 is 0.812 bits per heavy atom. The van der Waals surface area contributed by atoms with Crippen LogP contribution >= 0.6 is 0 Å². The molecule has 8 atom stereocenters. The average Bonchev–Trinajstić information content (AvgIpc) is 3.55. The summed E-state index contributed by atoms with van der Waals surface area (Å²) in [5.41, 5.74) is 1.86. The Hall–Kier alpha value is -2.42. The third-order valence-corrected chi connectivity index (χ3v) is 8.59. The minimum Gasteiger partial charge on any atom is -0.352 e. The van der Waals surface area contributed by atoms with E-state index >= 15 is 0 Å². The van der Waals surface area contributed by atoms with Gasteiger partial charge in [0.05, 0.1) is 0 Å². The third-order valence-electron chi connectivity index (χ3n) is 8.59. The molecular formula is C29H37NO2. The molecule has 0 saturated heterocycles. The molecule has 0 spiro atoms. The van der Waals surface area contributed by atoms with Crippen molar-refractivity contribution in [2.75, 3.05) is 6.54 Å². The molecule has 0 aromatic heterocycles. The van der Waals surface area contributed by atoms with Gasteiger partial charge in [-0.1, -0.05) is 36.5 Å². The Labute approximate surface area is 193 Å². The summed E-state index contributed by atoms with van der Waals surface area (Å²) >= 11 is 0. The molecular weight excluding hydrogens is 394 g/mol. The maximum Gasteiger partial charge on any atom is 0.246 e. The Bertz CT molecular complexity index is 806. The van der Waals surface area contributed by atoms with E-state index in [4.69, 9.17) is 0 Å². The van der Waals surface area contributed by atoms with E-state index in [2.05, 4.69) is 49.9 Å². The van der Waals surface area contributed by atoms with Gasteiger partial charge in [-0.05, 0) is 85.0 Å². The molecule has 0 aromatic carbocycles. The molecule has 3 nitrogen and oxygen atoms in total. The van der Waals surface area contributed by atoms with Crippen molar-refractivity contribution in [2.24, 2.45) is 47.3 Å². The molecule has 0 radical (unpaired) electrons. The van der Waals surface area contributed by atoms with Crippen LogP contribution in [0.15, 0.2) is 73.9 Å². The SMILES string of the molecule is C=CC1CC(C=C)C2CC(C(=O)CCCNC(=O)C3=CC4C(C=C)CC(C=C)C4C3)=CC12. The first-order chi connectivity index (χ1) is 15.5. The Morgan fingerprint density at radius 3 is 1.84 bits per heavy atom. The van der Waals surface area contributed by atoms with Gasteiger partial charge in [-0.2, -0.15) is 0 Å². The highest BCUT2D eigenvalue weighted by Crippen LogP contribution is 2.51. The van der Waals surface area contributed by atoms with Gasteiger partial charge in [0.25, 0.3) is 0 Å². The van der Waals surface area contributed by atoms with Crippen LogP contribution in [-0.4, -0.2) is 18.2 Å². The second-order valence-corrected chi connectivity index (χ2v) is 10.1. The molecule has 0 aliphatic heterocycles. The van der Waals surface area contributed by atoms with E-state index in [1.54, 1.807) is 0 Å². The maximum absolute atomic E-state index is 12.8. The van der Waals surface area contributed by atoms with Crippen LogP contribution in [0, 0.1) is 47.3 Å². The number of allylic oxidation sites excluding steroid dienone is 7. The maximum atomic E-state index is 12.8. The first kappa shape index (κ1) is 22.8. The first-order valence-electron chi connectivity index (χ1n) is 12.2. The smallest absolute Gasteiger partial charge is 0.246 e. The summed E-state index contributed by atoms with van der Waals surface area (Å²) in [7, 11) is 0. The lowest BCUT2D eigenvalue weighted by Gasteiger charge is -2.15. The molecule has 0 aromatic rings. The Morgan fingerprint density at radius 2 is 1.31 bits per heavy atom. The van der Waals surface area contributed by atoms with Crippen molar-refractivity contribution < 1.29 is 9.59 Å². The predicted octanol–water partition coefficient (Wildman–Crippen LogP) is 5.59. The molecule has 0 heterocycles. The first-order valence-corrected chi connectivity index (χ1v) is 12.2. The summed E-state index contributed by atoms with van der Waals surface area (Å²) in [6.45, 7) is 16.5.